The molecule has 0 aliphatic rings. The summed E-state index contributed by atoms with van der Waals surface area (Å²) >= 11 is 0. The second kappa shape index (κ2) is 11.2. The van der Waals surface area contributed by atoms with Gasteiger partial charge in [0, 0.05) is 13.7 Å². The van der Waals surface area contributed by atoms with Gasteiger partial charge in [0.2, 0.25) is 0 Å². The number of nitrogens with zero attached hydrogens (tertiary/aromatic N) is 1. The van der Waals surface area contributed by atoms with Crippen molar-refractivity contribution in [1.29, 1.82) is 5.26 Å². The van der Waals surface area contributed by atoms with E-state index in [0.717, 1.165) is 32.1 Å². The first-order valence-electron chi connectivity index (χ1n) is 6.02. The van der Waals surface area contributed by atoms with Crippen molar-refractivity contribution >= 4 is 5.97 Å². The summed E-state index contributed by atoms with van der Waals surface area (Å²) in [5.41, 5.74) is 0.116. The Morgan fingerprint density at radius 3 is 2.59 bits per heavy atom. The zero-order valence-corrected chi connectivity index (χ0v) is 10.7. The number of carbonyl (C=O) groups excluding carboxylic acids is 1. The Hall–Kier alpha value is -1.34. The van der Waals surface area contributed by atoms with Gasteiger partial charge in [-0.05, 0) is 19.3 Å². The molecular formula is C13H21NO3. The van der Waals surface area contributed by atoms with Crippen LogP contribution in [-0.2, 0) is 14.3 Å². The van der Waals surface area contributed by atoms with E-state index in [1.54, 1.807) is 13.2 Å². The quantitative estimate of drug-likeness (QED) is 0.268. The summed E-state index contributed by atoms with van der Waals surface area (Å²) in [4.78, 5) is 11.5. The minimum Gasteiger partial charge on any atom is -0.462 e. The van der Waals surface area contributed by atoms with Gasteiger partial charge < -0.3 is 9.47 Å². The first kappa shape index (κ1) is 15.7. The molecule has 0 saturated carbocycles. The van der Waals surface area contributed by atoms with Gasteiger partial charge in [-0.1, -0.05) is 25.8 Å². The molecule has 0 spiro atoms. The summed E-state index contributed by atoms with van der Waals surface area (Å²) in [6.45, 7) is 3.07. The fraction of sp³-hybridized carbons (Fsp3) is 0.692. The number of rotatable bonds is 9. The van der Waals surface area contributed by atoms with Crippen LogP contribution in [0.2, 0.25) is 0 Å². The van der Waals surface area contributed by atoms with E-state index in [9.17, 15) is 4.79 Å². The van der Waals surface area contributed by atoms with E-state index in [1.807, 2.05) is 6.07 Å². The lowest BCUT2D eigenvalue weighted by Crippen LogP contribution is -2.08. The third-order valence-corrected chi connectivity index (χ3v) is 2.22. The van der Waals surface area contributed by atoms with Crippen LogP contribution in [-0.4, -0.2) is 26.3 Å². The van der Waals surface area contributed by atoms with Gasteiger partial charge in [-0.25, -0.2) is 4.79 Å². The number of ether oxygens (including phenoxy) is 2. The normalized spacial score (nSPS) is 11.0. The van der Waals surface area contributed by atoms with Gasteiger partial charge in [0.1, 0.15) is 11.6 Å². The standard InChI is InChI=1S/C13H21NO3/c1-3-4-5-8-12(11-14)13(15)17-10-7-6-9-16-2/h8H,3-7,9-10H2,1-2H3. The molecule has 0 aromatic carbocycles. The molecule has 96 valence electrons. The predicted molar refractivity (Wildman–Crippen MR) is 65.3 cm³/mol. The Balaban J connectivity index is 3.85. The molecule has 0 amide bonds. The molecule has 4 heteroatoms. The molecule has 0 fully saturated rings. The maximum Gasteiger partial charge on any atom is 0.348 e. The summed E-state index contributed by atoms with van der Waals surface area (Å²) in [6, 6.07) is 1.87. The average molecular weight is 239 g/mol. The average Bonchev–Trinajstić information content (AvgIpc) is 2.34. The lowest BCUT2D eigenvalue weighted by molar-refractivity contribution is -0.138. The molecule has 0 aliphatic heterocycles. The molecule has 0 atom stereocenters. The van der Waals surface area contributed by atoms with E-state index in [2.05, 4.69) is 6.92 Å². The summed E-state index contributed by atoms with van der Waals surface area (Å²) in [6.07, 6.45) is 6.03. The SMILES string of the molecule is CCCCC=C(C#N)C(=O)OCCCCOC. The van der Waals surface area contributed by atoms with Crippen molar-refractivity contribution in [3.63, 3.8) is 0 Å². The van der Waals surface area contributed by atoms with Gasteiger partial charge >= 0.3 is 5.97 Å². The van der Waals surface area contributed by atoms with Gasteiger partial charge in [-0.2, -0.15) is 5.26 Å². The fourth-order valence-electron chi connectivity index (χ4n) is 1.22. The molecule has 0 bridgehead atoms. The van der Waals surface area contributed by atoms with E-state index in [-0.39, 0.29) is 5.57 Å². The first-order valence-corrected chi connectivity index (χ1v) is 6.02. The van der Waals surface area contributed by atoms with Crippen molar-refractivity contribution in [1.82, 2.24) is 0 Å². The van der Waals surface area contributed by atoms with Crippen LogP contribution < -0.4 is 0 Å². The highest BCUT2D eigenvalue weighted by Crippen LogP contribution is 2.03. The van der Waals surface area contributed by atoms with Crippen molar-refractivity contribution < 1.29 is 14.3 Å². The highest BCUT2D eigenvalue weighted by atomic mass is 16.5. The fourth-order valence-corrected chi connectivity index (χ4v) is 1.22. The number of methoxy groups -OCH3 is 1. The van der Waals surface area contributed by atoms with Crippen molar-refractivity contribution in [2.24, 2.45) is 0 Å². The summed E-state index contributed by atoms with van der Waals surface area (Å²) in [7, 11) is 1.64. The Morgan fingerprint density at radius 2 is 2.00 bits per heavy atom. The minimum absolute atomic E-state index is 0.116. The largest absolute Gasteiger partial charge is 0.462 e. The van der Waals surface area contributed by atoms with Gasteiger partial charge in [0.05, 0.1) is 6.61 Å². The topological polar surface area (TPSA) is 59.3 Å². The van der Waals surface area contributed by atoms with E-state index in [0.29, 0.717) is 13.2 Å². The van der Waals surface area contributed by atoms with Crippen molar-refractivity contribution in [2.45, 2.75) is 39.0 Å². The second-order valence-corrected chi connectivity index (χ2v) is 3.71. The molecule has 4 nitrogen and oxygen atoms in total. The zero-order valence-electron chi connectivity index (χ0n) is 10.7. The Labute approximate surface area is 103 Å². The van der Waals surface area contributed by atoms with Gasteiger partial charge in [0.15, 0.2) is 0 Å². The maximum atomic E-state index is 11.5. The third-order valence-electron chi connectivity index (χ3n) is 2.22. The highest BCUT2D eigenvalue weighted by molar-refractivity contribution is 5.92. The Kier molecular flexibility index (Phi) is 10.3. The molecule has 0 radical (unpaired) electrons. The number of carbonyl (C=O) groups is 1. The van der Waals surface area contributed by atoms with Crippen LogP contribution in [0, 0.1) is 11.3 Å². The van der Waals surface area contributed by atoms with Gasteiger partial charge in [-0.3, -0.25) is 0 Å². The monoisotopic (exact) mass is 239 g/mol. The molecule has 0 heterocycles. The molecule has 0 aromatic heterocycles. The number of hydrogen-bond donors (Lipinski definition) is 0. The number of nitriles is 1. The van der Waals surface area contributed by atoms with Crippen molar-refractivity contribution in [2.75, 3.05) is 20.3 Å². The molecule has 0 aliphatic carbocycles. The first-order chi connectivity index (χ1) is 8.26. The van der Waals surface area contributed by atoms with Gasteiger partial charge in [0.25, 0.3) is 0 Å². The zero-order chi connectivity index (χ0) is 12.9. The molecule has 0 rings (SSSR count). The summed E-state index contributed by atoms with van der Waals surface area (Å²) in [5.74, 6) is -0.513. The maximum absolute atomic E-state index is 11.5. The molecule has 0 N–H and O–H groups in total. The van der Waals surface area contributed by atoms with Crippen molar-refractivity contribution in [3.05, 3.63) is 11.6 Å². The Bertz CT molecular complexity index is 279. The van der Waals surface area contributed by atoms with Gasteiger partial charge in [-0.15, -0.1) is 0 Å². The predicted octanol–water partition coefficient (Wildman–Crippen LogP) is 2.60. The molecule has 0 aromatic rings. The van der Waals surface area contributed by atoms with Crippen LogP contribution in [0.5, 0.6) is 0 Å². The van der Waals surface area contributed by atoms with Crippen LogP contribution in [0.15, 0.2) is 11.6 Å². The molecule has 17 heavy (non-hydrogen) atoms. The second-order valence-electron chi connectivity index (χ2n) is 3.71. The summed E-state index contributed by atoms with van der Waals surface area (Å²) < 4.78 is 9.87. The number of unbranched alkanes of at least 4 members (excludes halogenated alkanes) is 3. The van der Waals surface area contributed by atoms with E-state index in [1.165, 1.54) is 0 Å². The molecular weight excluding hydrogens is 218 g/mol. The lowest BCUT2D eigenvalue weighted by atomic mass is 10.2. The number of hydrogen-bond acceptors (Lipinski definition) is 4. The Morgan fingerprint density at radius 1 is 1.29 bits per heavy atom. The lowest BCUT2D eigenvalue weighted by Gasteiger charge is -2.03. The summed E-state index contributed by atoms with van der Waals surface area (Å²) in [5, 5.41) is 8.80. The highest BCUT2D eigenvalue weighted by Gasteiger charge is 2.09. The van der Waals surface area contributed by atoms with Crippen molar-refractivity contribution in [3.8, 4) is 6.07 Å². The van der Waals surface area contributed by atoms with E-state index in [4.69, 9.17) is 14.7 Å². The number of allylic oxidation sites excluding steroid dienone is 1. The third kappa shape index (κ3) is 8.47. The smallest absolute Gasteiger partial charge is 0.348 e. The molecule has 0 unspecified atom stereocenters. The minimum atomic E-state index is -0.513. The number of esters is 1. The van der Waals surface area contributed by atoms with Crippen LogP contribution in [0.1, 0.15) is 39.0 Å². The van der Waals surface area contributed by atoms with Crippen LogP contribution in [0.3, 0.4) is 0 Å². The van der Waals surface area contributed by atoms with Crippen LogP contribution >= 0.6 is 0 Å². The van der Waals surface area contributed by atoms with E-state index < -0.39 is 5.97 Å². The molecule has 0 saturated heterocycles. The van der Waals surface area contributed by atoms with E-state index >= 15 is 0 Å². The van der Waals surface area contributed by atoms with Crippen LogP contribution in [0.25, 0.3) is 0 Å². The van der Waals surface area contributed by atoms with Crippen LogP contribution in [0.4, 0.5) is 0 Å².